The molecule has 0 bridgehead atoms. The average molecular weight is 359 g/mol. The van der Waals surface area contributed by atoms with Crippen LogP contribution in [0.15, 0.2) is 24.3 Å². The van der Waals surface area contributed by atoms with Gasteiger partial charge in [0.25, 0.3) is 5.91 Å². The van der Waals surface area contributed by atoms with Gasteiger partial charge in [-0.15, -0.1) is 0 Å². The molecule has 0 unspecified atom stereocenters. The minimum atomic E-state index is 0.0366. The Morgan fingerprint density at radius 2 is 1.69 bits per heavy atom. The maximum Gasteiger partial charge on any atom is 0.253 e. The molecule has 1 heterocycles. The van der Waals surface area contributed by atoms with Crippen molar-refractivity contribution in [3.05, 3.63) is 35.4 Å². The van der Waals surface area contributed by atoms with Gasteiger partial charge in [0.05, 0.1) is 0 Å². The van der Waals surface area contributed by atoms with Gasteiger partial charge in [-0.05, 0) is 48.3 Å². The van der Waals surface area contributed by atoms with Crippen LogP contribution in [0, 0.1) is 11.8 Å². The Bertz CT molecular complexity index is 606. The molecular formula is C22H34N2O2. The zero-order valence-electron chi connectivity index (χ0n) is 17.0. The van der Waals surface area contributed by atoms with E-state index in [0.29, 0.717) is 19.0 Å². The predicted octanol–water partition coefficient (Wildman–Crippen LogP) is 4.00. The molecular weight excluding hydrogens is 324 g/mol. The van der Waals surface area contributed by atoms with Crippen LogP contribution in [0.3, 0.4) is 0 Å². The molecule has 1 aliphatic heterocycles. The molecule has 4 heteroatoms. The number of hydrogen-bond donors (Lipinski definition) is 1. The van der Waals surface area contributed by atoms with Crippen molar-refractivity contribution < 1.29 is 9.59 Å². The number of carbonyl (C=O) groups is 2. The SMILES string of the molecule is CC(C)CCNC(=O)C1CCN(C(=O)c2ccc(C(C)(C)C)cc2)CC1. The number of nitrogens with zero attached hydrogens (tertiary/aromatic N) is 1. The van der Waals surface area contributed by atoms with Gasteiger partial charge >= 0.3 is 0 Å². The maximum atomic E-state index is 12.7. The monoisotopic (exact) mass is 358 g/mol. The fourth-order valence-electron chi connectivity index (χ4n) is 3.27. The summed E-state index contributed by atoms with van der Waals surface area (Å²) in [5.74, 6) is 0.852. The van der Waals surface area contributed by atoms with Crippen LogP contribution in [0.4, 0.5) is 0 Å². The van der Waals surface area contributed by atoms with E-state index in [1.54, 1.807) is 0 Å². The number of amides is 2. The first-order valence-electron chi connectivity index (χ1n) is 9.86. The van der Waals surface area contributed by atoms with Crippen LogP contribution in [0.25, 0.3) is 0 Å². The normalized spacial score (nSPS) is 16.0. The largest absolute Gasteiger partial charge is 0.356 e. The van der Waals surface area contributed by atoms with E-state index in [2.05, 4.69) is 39.9 Å². The Morgan fingerprint density at radius 3 is 2.19 bits per heavy atom. The van der Waals surface area contributed by atoms with E-state index in [1.165, 1.54) is 5.56 Å². The molecule has 2 amide bonds. The summed E-state index contributed by atoms with van der Waals surface area (Å²) in [6.45, 7) is 12.9. The Hall–Kier alpha value is -1.84. The van der Waals surface area contributed by atoms with Crippen LogP contribution in [0.2, 0.25) is 0 Å². The van der Waals surface area contributed by atoms with Crippen LogP contribution >= 0.6 is 0 Å². The number of piperidine rings is 1. The topological polar surface area (TPSA) is 49.4 Å². The fraction of sp³-hybridized carbons (Fsp3) is 0.636. The molecule has 0 radical (unpaired) electrons. The Kier molecular flexibility index (Phi) is 6.85. The molecule has 1 fully saturated rings. The van der Waals surface area contributed by atoms with Gasteiger partial charge in [-0.25, -0.2) is 0 Å². The molecule has 4 nitrogen and oxygen atoms in total. The minimum Gasteiger partial charge on any atom is -0.356 e. The second kappa shape index (κ2) is 8.70. The van der Waals surface area contributed by atoms with Crippen molar-refractivity contribution in [2.24, 2.45) is 11.8 Å². The standard InChI is InChI=1S/C22H34N2O2/c1-16(2)10-13-23-20(25)17-11-14-24(15-12-17)21(26)18-6-8-19(9-7-18)22(3,4)5/h6-9,16-17H,10-15H2,1-5H3,(H,23,25). The first kappa shape index (κ1) is 20.5. The van der Waals surface area contributed by atoms with Crippen molar-refractivity contribution in [2.45, 2.75) is 59.3 Å². The molecule has 0 aromatic heterocycles. The molecule has 2 rings (SSSR count). The summed E-state index contributed by atoms with van der Waals surface area (Å²) in [6, 6.07) is 7.94. The second-order valence-electron chi connectivity index (χ2n) is 8.87. The zero-order valence-corrected chi connectivity index (χ0v) is 17.0. The average Bonchev–Trinajstić information content (AvgIpc) is 2.60. The number of hydrogen-bond acceptors (Lipinski definition) is 2. The lowest BCUT2D eigenvalue weighted by Crippen LogP contribution is -2.43. The molecule has 1 N–H and O–H groups in total. The van der Waals surface area contributed by atoms with Gasteiger partial charge in [0.2, 0.25) is 5.91 Å². The lowest BCUT2D eigenvalue weighted by molar-refractivity contribution is -0.126. The third kappa shape index (κ3) is 5.58. The smallest absolute Gasteiger partial charge is 0.253 e. The highest BCUT2D eigenvalue weighted by atomic mass is 16.2. The Balaban J connectivity index is 1.85. The molecule has 1 aliphatic rings. The van der Waals surface area contributed by atoms with Gasteiger partial charge in [-0.1, -0.05) is 46.8 Å². The summed E-state index contributed by atoms with van der Waals surface area (Å²) in [5.41, 5.74) is 2.05. The summed E-state index contributed by atoms with van der Waals surface area (Å²) < 4.78 is 0. The molecule has 1 saturated heterocycles. The lowest BCUT2D eigenvalue weighted by Gasteiger charge is -2.31. The summed E-state index contributed by atoms with van der Waals surface area (Å²) in [5, 5.41) is 3.04. The lowest BCUT2D eigenvalue weighted by atomic mass is 9.86. The summed E-state index contributed by atoms with van der Waals surface area (Å²) in [7, 11) is 0. The van der Waals surface area contributed by atoms with E-state index in [1.807, 2.05) is 29.2 Å². The van der Waals surface area contributed by atoms with Crippen LogP contribution in [0.5, 0.6) is 0 Å². The van der Waals surface area contributed by atoms with Gasteiger partial charge in [0.15, 0.2) is 0 Å². The highest BCUT2D eigenvalue weighted by Gasteiger charge is 2.27. The van der Waals surface area contributed by atoms with Crippen LogP contribution < -0.4 is 5.32 Å². The fourth-order valence-corrected chi connectivity index (χ4v) is 3.27. The molecule has 0 atom stereocenters. The van der Waals surface area contributed by atoms with Gasteiger partial charge in [0.1, 0.15) is 0 Å². The second-order valence-corrected chi connectivity index (χ2v) is 8.87. The van der Waals surface area contributed by atoms with Gasteiger partial charge < -0.3 is 10.2 Å². The molecule has 1 aromatic rings. The Labute approximate surface area is 158 Å². The molecule has 144 valence electrons. The highest BCUT2D eigenvalue weighted by Crippen LogP contribution is 2.24. The van der Waals surface area contributed by atoms with Gasteiger partial charge in [0, 0.05) is 31.1 Å². The van der Waals surface area contributed by atoms with E-state index >= 15 is 0 Å². The van der Waals surface area contributed by atoms with E-state index < -0.39 is 0 Å². The molecule has 0 aliphatic carbocycles. The van der Waals surface area contributed by atoms with Crippen molar-refractivity contribution in [1.82, 2.24) is 10.2 Å². The Morgan fingerprint density at radius 1 is 1.12 bits per heavy atom. The molecule has 0 saturated carbocycles. The number of benzene rings is 1. The first-order chi connectivity index (χ1) is 12.2. The number of likely N-dealkylation sites (tertiary alicyclic amines) is 1. The molecule has 1 aromatic carbocycles. The summed E-state index contributed by atoms with van der Waals surface area (Å²) in [4.78, 5) is 26.8. The highest BCUT2D eigenvalue weighted by molar-refractivity contribution is 5.94. The third-order valence-electron chi connectivity index (χ3n) is 5.17. The van der Waals surface area contributed by atoms with E-state index in [4.69, 9.17) is 0 Å². The molecule has 0 spiro atoms. The quantitative estimate of drug-likeness (QED) is 0.865. The van der Waals surface area contributed by atoms with E-state index in [0.717, 1.165) is 31.4 Å². The van der Waals surface area contributed by atoms with Gasteiger partial charge in [-0.2, -0.15) is 0 Å². The summed E-state index contributed by atoms with van der Waals surface area (Å²) >= 11 is 0. The first-order valence-corrected chi connectivity index (χ1v) is 9.86. The number of nitrogens with one attached hydrogen (secondary N) is 1. The molecule has 26 heavy (non-hydrogen) atoms. The van der Waals surface area contributed by atoms with Crippen LogP contribution in [0.1, 0.15) is 69.8 Å². The van der Waals surface area contributed by atoms with Gasteiger partial charge in [-0.3, -0.25) is 9.59 Å². The van der Waals surface area contributed by atoms with Crippen molar-refractivity contribution in [3.63, 3.8) is 0 Å². The predicted molar refractivity (Wildman–Crippen MR) is 106 cm³/mol. The van der Waals surface area contributed by atoms with Crippen molar-refractivity contribution in [2.75, 3.05) is 19.6 Å². The van der Waals surface area contributed by atoms with Crippen LogP contribution in [-0.2, 0) is 10.2 Å². The van der Waals surface area contributed by atoms with Crippen molar-refractivity contribution in [1.29, 1.82) is 0 Å². The maximum absolute atomic E-state index is 12.7. The third-order valence-corrected chi connectivity index (χ3v) is 5.17. The zero-order chi connectivity index (χ0) is 19.3. The van der Waals surface area contributed by atoms with E-state index in [-0.39, 0.29) is 23.1 Å². The summed E-state index contributed by atoms with van der Waals surface area (Å²) in [6.07, 6.45) is 2.51. The number of rotatable bonds is 5. The minimum absolute atomic E-state index is 0.0366. The van der Waals surface area contributed by atoms with Crippen LogP contribution in [-0.4, -0.2) is 36.3 Å². The van der Waals surface area contributed by atoms with Crippen molar-refractivity contribution in [3.8, 4) is 0 Å². The van der Waals surface area contributed by atoms with E-state index in [9.17, 15) is 9.59 Å². The van der Waals surface area contributed by atoms with Crippen molar-refractivity contribution >= 4 is 11.8 Å². The number of carbonyl (C=O) groups excluding carboxylic acids is 2.